The molecule has 3 saturated heterocycles. The molecule has 108 valence electrons. The zero-order valence-corrected chi connectivity index (χ0v) is 12.5. The number of hydrogen-bond acceptors (Lipinski definition) is 2. The van der Waals surface area contributed by atoms with E-state index in [9.17, 15) is 4.79 Å². The fraction of sp³-hybridized carbons (Fsp3) is 0.933. The molecule has 4 rings (SSSR count). The van der Waals surface area contributed by atoms with E-state index in [2.05, 4.69) is 33.0 Å². The Hall–Kier alpha value is -0.770. The van der Waals surface area contributed by atoms with Crippen LogP contribution < -0.4 is 5.32 Å². The third-order valence-corrected chi connectivity index (χ3v) is 5.27. The summed E-state index contributed by atoms with van der Waals surface area (Å²) in [6.45, 7) is 9.46. The van der Waals surface area contributed by atoms with Crippen molar-refractivity contribution in [3.05, 3.63) is 0 Å². The summed E-state index contributed by atoms with van der Waals surface area (Å²) in [6, 6.07) is 0.827. The molecule has 4 aliphatic rings. The van der Waals surface area contributed by atoms with Crippen LogP contribution in [0.3, 0.4) is 0 Å². The molecule has 4 heteroatoms. The monoisotopic (exact) mass is 266 g/mol. The minimum Gasteiger partial charge on any atom is -0.367 e. The average molecular weight is 266 g/mol. The van der Waals surface area contributed by atoms with Gasteiger partial charge >= 0.3 is 6.03 Å². The lowest BCUT2D eigenvalue weighted by Crippen LogP contribution is -2.58. The molecule has 0 aromatic heterocycles. The largest absolute Gasteiger partial charge is 0.367 e. The van der Waals surface area contributed by atoms with Crippen molar-refractivity contribution in [2.24, 2.45) is 5.92 Å². The average Bonchev–Trinajstić information content (AvgIpc) is 3.04. The lowest BCUT2D eigenvalue weighted by atomic mass is 9.69. The van der Waals surface area contributed by atoms with Crippen LogP contribution in [0.1, 0.15) is 53.4 Å². The van der Waals surface area contributed by atoms with Gasteiger partial charge in [0.1, 0.15) is 0 Å². The summed E-state index contributed by atoms with van der Waals surface area (Å²) in [5.41, 5.74) is -0.225. The van der Waals surface area contributed by atoms with Gasteiger partial charge in [-0.15, -0.1) is 0 Å². The molecule has 1 saturated carbocycles. The molecule has 3 heterocycles. The Morgan fingerprint density at radius 2 is 2.16 bits per heavy atom. The number of amides is 2. The first kappa shape index (κ1) is 13.2. The van der Waals surface area contributed by atoms with Gasteiger partial charge in [0.2, 0.25) is 0 Å². The Bertz CT molecular complexity index is 396. The summed E-state index contributed by atoms with van der Waals surface area (Å²) in [5, 5.41) is 3.05. The fourth-order valence-corrected chi connectivity index (χ4v) is 4.35. The SMILES string of the molecule is CCCCNC(=O)N1C2C3CCC(C)(OC3(C)C)C21. The molecule has 0 spiro atoms. The van der Waals surface area contributed by atoms with Crippen LogP contribution in [-0.4, -0.2) is 40.8 Å². The van der Waals surface area contributed by atoms with Crippen molar-refractivity contribution < 1.29 is 9.53 Å². The molecular weight excluding hydrogens is 240 g/mol. The van der Waals surface area contributed by atoms with Crippen LogP contribution in [0.5, 0.6) is 0 Å². The van der Waals surface area contributed by atoms with Gasteiger partial charge in [-0.3, -0.25) is 0 Å². The Balaban J connectivity index is 1.70. The highest BCUT2D eigenvalue weighted by molar-refractivity contribution is 5.79. The summed E-state index contributed by atoms with van der Waals surface area (Å²) in [7, 11) is 0. The molecule has 4 fully saturated rings. The van der Waals surface area contributed by atoms with Crippen LogP contribution in [0.4, 0.5) is 4.79 Å². The van der Waals surface area contributed by atoms with Gasteiger partial charge in [0.25, 0.3) is 0 Å². The number of hydrogen-bond donors (Lipinski definition) is 1. The van der Waals surface area contributed by atoms with E-state index in [0.717, 1.165) is 25.8 Å². The molecule has 2 amide bonds. The van der Waals surface area contributed by atoms with Gasteiger partial charge < -0.3 is 15.0 Å². The van der Waals surface area contributed by atoms with E-state index in [0.29, 0.717) is 18.0 Å². The fourth-order valence-electron chi connectivity index (χ4n) is 4.35. The molecular formula is C15H26N2O2. The lowest BCUT2D eigenvalue weighted by molar-refractivity contribution is -0.214. The maximum Gasteiger partial charge on any atom is 0.318 e. The number of likely N-dealkylation sites (tertiary alicyclic amines) is 1. The minimum absolute atomic E-state index is 0.0907. The molecule has 4 nitrogen and oxygen atoms in total. The van der Waals surface area contributed by atoms with Gasteiger partial charge in [0, 0.05) is 12.5 Å². The van der Waals surface area contributed by atoms with Crippen LogP contribution in [-0.2, 0) is 4.74 Å². The first-order valence-corrected chi connectivity index (χ1v) is 7.67. The molecule has 0 radical (unpaired) electrons. The quantitative estimate of drug-likeness (QED) is 0.630. The van der Waals surface area contributed by atoms with E-state index in [-0.39, 0.29) is 17.2 Å². The Labute approximate surface area is 115 Å². The van der Waals surface area contributed by atoms with Crippen LogP contribution in [0.15, 0.2) is 0 Å². The van der Waals surface area contributed by atoms with Gasteiger partial charge in [0.05, 0.1) is 23.3 Å². The van der Waals surface area contributed by atoms with Gasteiger partial charge in [-0.2, -0.15) is 0 Å². The van der Waals surface area contributed by atoms with E-state index in [1.54, 1.807) is 0 Å². The Morgan fingerprint density at radius 1 is 1.42 bits per heavy atom. The number of fused-ring (bicyclic) bond motifs is 2. The van der Waals surface area contributed by atoms with Gasteiger partial charge in [-0.1, -0.05) is 13.3 Å². The zero-order valence-electron chi connectivity index (χ0n) is 12.5. The zero-order chi connectivity index (χ0) is 13.8. The van der Waals surface area contributed by atoms with E-state index in [4.69, 9.17) is 4.74 Å². The predicted molar refractivity (Wildman–Crippen MR) is 74.0 cm³/mol. The normalized spacial score (nSPS) is 41.9. The molecule has 1 aliphatic carbocycles. The first-order chi connectivity index (χ1) is 8.91. The molecule has 19 heavy (non-hydrogen) atoms. The van der Waals surface area contributed by atoms with Crippen molar-refractivity contribution in [2.45, 2.75) is 76.7 Å². The second-order valence-electron chi connectivity index (χ2n) is 7.09. The standard InChI is InChI=1S/C15H26N2O2/c1-5-6-9-16-13(18)17-11-10-7-8-15(4,12(11)17)19-14(10,2)3/h10-12H,5-9H2,1-4H3,(H,16,18). The number of urea groups is 1. The van der Waals surface area contributed by atoms with Crippen molar-refractivity contribution in [1.29, 1.82) is 0 Å². The van der Waals surface area contributed by atoms with Gasteiger partial charge in [0.15, 0.2) is 0 Å². The van der Waals surface area contributed by atoms with E-state index >= 15 is 0 Å². The number of ether oxygens (including phenoxy) is 1. The second kappa shape index (κ2) is 4.11. The number of unbranched alkanes of at least 4 members (excludes halogenated alkanes) is 1. The molecule has 4 unspecified atom stereocenters. The van der Waals surface area contributed by atoms with Crippen LogP contribution in [0.2, 0.25) is 0 Å². The summed E-state index contributed by atoms with van der Waals surface area (Å²) >= 11 is 0. The molecule has 2 bridgehead atoms. The van der Waals surface area contributed by atoms with Crippen molar-refractivity contribution >= 4 is 6.03 Å². The van der Waals surface area contributed by atoms with Crippen LogP contribution >= 0.6 is 0 Å². The number of nitrogens with one attached hydrogen (secondary N) is 1. The van der Waals surface area contributed by atoms with E-state index in [1.807, 2.05) is 4.90 Å². The Kier molecular flexibility index (Phi) is 2.86. The summed E-state index contributed by atoms with van der Waals surface area (Å²) < 4.78 is 6.30. The third kappa shape index (κ3) is 1.87. The number of carbonyl (C=O) groups excluding carboxylic acids is 1. The minimum atomic E-state index is -0.134. The molecule has 1 N–H and O–H groups in total. The van der Waals surface area contributed by atoms with Crippen LogP contribution in [0, 0.1) is 5.92 Å². The summed E-state index contributed by atoms with van der Waals surface area (Å²) in [4.78, 5) is 14.3. The lowest BCUT2D eigenvalue weighted by Gasteiger charge is -2.51. The molecule has 0 aromatic carbocycles. The summed E-state index contributed by atoms with van der Waals surface area (Å²) in [5.74, 6) is 0.497. The maximum absolute atomic E-state index is 12.3. The van der Waals surface area contributed by atoms with Crippen molar-refractivity contribution in [1.82, 2.24) is 10.2 Å². The Morgan fingerprint density at radius 3 is 2.79 bits per heavy atom. The van der Waals surface area contributed by atoms with Crippen LogP contribution in [0.25, 0.3) is 0 Å². The second-order valence-corrected chi connectivity index (χ2v) is 7.09. The maximum atomic E-state index is 12.3. The molecule has 0 aromatic rings. The topological polar surface area (TPSA) is 41.3 Å². The van der Waals surface area contributed by atoms with Gasteiger partial charge in [-0.25, -0.2) is 4.79 Å². The summed E-state index contributed by atoms with van der Waals surface area (Å²) in [6.07, 6.45) is 4.44. The highest BCUT2D eigenvalue weighted by Gasteiger charge is 2.72. The number of carbonyl (C=O) groups is 1. The number of nitrogens with zero attached hydrogens (tertiary/aromatic N) is 1. The first-order valence-electron chi connectivity index (χ1n) is 7.67. The highest BCUT2D eigenvalue weighted by Crippen LogP contribution is 2.60. The third-order valence-electron chi connectivity index (χ3n) is 5.27. The van der Waals surface area contributed by atoms with Crippen molar-refractivity contribution in [3.63, 3.8) is 0 Å². The smallest absolute Gasteiger partial charge is 0.318 e. The van der Waals surface area contributed by atoms with E-state index < -0.39 is 0 Å². The molecule has 4 atom stereocenters. The molecule has 3 aliphatic heterocycles. The number of rotatable bonds is 3. The highest BCUT2D eigenvalue weighted by atomic mass is 16.5. The predicted octanol–water partition coefficient (Wildman–Crippen LogP) is 2.53. The van der Waals surface area contributed by atoms with Crippen molar-refractivity contribution in [3.8, 4) is 0 Å². The van der Waals surface area contributed by atoms with Crippen molar-refractivity contribution in [2.75, 3.05) is 6.54 Å². The van der Waals surface area contributed by atoms with E-state index in [1.165, 1.54) is 6.42 Å². The van der Waals surface area contributed by atoms with Gasteiger partial charge in [-0.05, 0) is 40.0 Å².